The van der Waals surface area contributed by atoms with Crippen LogP contribution in [-0.4, -0.2) is 50.6 Å². The number of carboxylic acid groups (broad SMARTS) is 1. The summed E-state index contributed by atoms with van der Waals surface area (Å²) in [5, 5.41) is 17.3. The number of nitrogens with zero attached hydrogens (tertiary/aromatic N) is 3. The van der Waals surface area contributed by atoms with Gasteiger partial charge in [-0.1, -0.05) is 18.7 Å². The molecule has 3 heterocycles. The summed E-state index contributed by atoms with van der Waals surface area (Å²) >= 11 is 1.24. The summed E-state index contributed by atoms with van der Waals surface area (Å²) in [6.07, 6.45) is 2.68. The molecular formula is C23H25N5O4S. The highest BCUT2D eigenvalue weighted by Crippen LogP contribution is 2.32. The number of aromatic nitrogens is 2. The van der Waals surface area contributed by atoms with Gasteiger partial charge in [0.25, 0.3) is 5.91 Å². The summed E-state index contributed by atoms with van der Waals surface area (Å²) in [6, 6.07) is 7.20. The third kappa shape index (κ3) is 4.75. The minimum absolute atomic E-state index is 0.157. The molecule has 4 rings (SSSR count). The number of nitrogens with one attached hydrogen (secondary N) is 2. The van der Waals surface area contributed by atoms with Crippen LogP contribution in [0.4, 0.5) is 15.7 Å². The van der Waals surface area contributed by atoms with Crippen molar-refractivity contribution in [3.8, 4) is 0 Å². The van der Waals surface area contributed by atoms with Crippen molar-refractivity contribution < 1.29 is 19.5 Å². The number of benzene rings is 1. The first-order chi connectivity index (χ1) is 15.9. The van der Waals surface area contributed by atoms with Crippen molar-refractivity contribution in [1.82, 2.24) is 14.5 Å². The number of anilines is 2. The standard InChI is InChI=1S/C23H25N5O4S/c1-3-18(29)25-19-11-15(13-33-19)21(30)26-22-24-17-9-6-7-14(2)20(17)28(22)16-8-4-5-10-27(12-16)23(31)32/h3,6-7,9,11,13,16H,1,4-5,8,10,12H2,2H3,(H,25,29)(H,31,32)(H,24,26,30). The lowest BCUT2D eigenvalue weighted by atomic mass is 10.1. The van der Waals surface area contributed by atoms with Crippen LogP contribution in [0.5, 0.6) is 0 Å². The van der Waals surface area contributed by atoms with E-state index in [1.54, 1.807) is 11.4 Å². The number of likely N-dealkylation sites (tertiary alicyclic amines) is 1. The fourth-order valence-corrected chi connectivity index (χ4v) is 4.92. The zero-order valence-corrected chi connectivity index (χ0v) is 19.0. The molecule has 2 aromatic heterocycles. The average molecular weight is 468 g/mol. The van der Waals surface area contributed by atoms with Gasteiger partial charge in [-0.3, -0.25) is 14.9 Å². The molecule has 0 aliphatic carbocycles. The first-order valence-corrected chi connectivity index (χ1v) is 11.5. The van der Waals surface area contributed by atoms with Gasteiger partial charge in [0, 0.05) is 18.5 Å². The average Bonchev–Trinajstić information content (AvgIpc) is 3.31. The highest BCUT2D eigenvalue weighted by molar-refractivity contribution is 7.14. The molecule has 0 radical (unpaired) electrons. The van der Waals surface area contributed by atoms with Crippen molar-refractivity contribution in [2.45, 2.75) is 32.2 Å². The molecule has 1 aliphatic heterocycles. The van der Waals surface area contributed by atoms with E-state index in [2.05, 4.69) is 22.2 Å². The number of hydrogen-bond acceptors (Lipinski definition) is 5. The van der Waals surface area contributed by atoms with Gasteiger partial charge < -0.3 is 19.9 Å². The maximum absolute atomic E-state index is 13.0. The van der Waals surface area contributed by atoms with Gasteiger partial charge in [-0.05, 0) is 50.0 Å². The Balaban J connectivity index is 1.68. The summed E-state index contributed by atoms with van der Waals surface area (Å²) in [6.45, 7) is 6.22. The van der Waals surface area contributed by atoms with E-state index < -0.39 is 6.09 Å². The topological polar surface area (TPSA) is 117 Å². The Labute approximate surface area is 194 Å². The maximum atomic E-state index is 13.0. The molecule has 0 saturated carbocycles. The van der Waals surface area contributed by atoms with Crippen LogP contribution in [-0.2, 0) is 4.79 Å². The molecule has 1 aliphatic rings. The highest BCUT2D eigenvalue weighted by Gasteiger charge is 2.27. The number of aryl methyl sites for hydroxylation is 1. The number of carbonyl (C=O) groups is 3. The van der Waals surface area contributed by atoms with E-state index in [9.17, 15) is 19.5 Å². The zero-order chi connectivity index (χ0) is 23.5. The monoisotopic (exact) mass is 467 g/mol. The maximum Gasteiger partial charge on any atom is 0.407 e. The van der Waals surface area contributed by atoms with E-state index in [4.69, 9.17) is 0 Å². The van der Waals surface area contributed by atoms with Crippen molar-refractivity contribution in [2.75, 3.05) is 23.7 Å². The van der Waals surface area contributed by atoms with Crippen molar-refractivity contribution >= 4 is 51.2 Å². The van der Waals surface area contributed by atoms with Crippen LogP contribution < -0.4 is 10.6 Å². The molecule has 1 fully saturated rings. The van der Waals surface area contributed by atoms with Gasteiger partial charge in [0.15, 0.2) is 0 Å². The summed E-state index contributed by atoms with van der Waals surface area (Å²) in [5.74, 6) is -0.329. The van der Waals surface area contributed by atoms with Crippen molar-refractivity contribution in [3.05, 3.63) is 53.4 Å². The Morgan fingerprint density at radius 2 is 2.09 bits per heavy atom. The zero-order valence-electron chi connectivity index (χ0n) is 18.2. The molecule has 1 unspecified atom stereocenters. The SMILES string of the molecule is C=CC(=O)Nc1cc(C(=O)Nc2nc3cccc(C)c3n2C2CCCCN(C(=O)O)C2)cs1. The molecule has 0 spiro atoms. The lowest BCUT2D eigenvalue weighted by Gasteiger charge is -2.25. The molecule has 33 heavy (non-hydrogen) atoms. The summed E-state index contributed by atoms with van der Waals surface area (Å²) in [7, 11) is 0. The van der Waals surface area contributed by atoms with Gasteiger partial charge in [-0.25, -0.2) is 9.78 Å². The summed E-state index contributed by atoms with van der Waals surface area (Å²) in [5.41, 5.74) is 3.01. The van der Waals surface area contributed by atoms with Gasteiger partial charge in [-0.2, -0.15) is 0 Å². The first-order valence-electron chi connectivity index (χ1n) is 10.7. The molecule has 9 nitrogen and oxygen atoms in total. The quantitative estimate of drug-likeness (QED) is 0.478. The van der Waals surface area contributed by atoms with Crippen LogP contribution >= 0.6 is 11.3 Å². The van der Waals surface area contributed by atoms with E-state index in [1.807, 2.05) is 29.7 Å². The van der Waals surface area contributed by atoms with E-state index in [0.717, 1.165) is 41.9 Å². The lowest BCUT2D eigenvalue weighted by molar-refractivity contribution is -0.111. The number of amides is 3. The molecule has 3 aromatic rings. The van der Waals surface area contributed by atoms with Crippen LogP contribution in [0, 0.1) is 6.92 Å². The Bertz CT molecular complexity index is 1230. The van der Waals surface area contributed by atoms with E-state index >= 15 is 0 Å². The summed E-state index contributed by atoms with van der Waals surface area (Å²) in [4.78, 5) is 42.3. The van der Waals surface area contributed by atoms with Gasteiger partial charge in [0.2, 0.25) is 11.9 Å². The van der Waals surface area contributed by atoms with Gasteiger partial charge >= 0.3 is 6.09 Å². The summed E-state index contributed by atoms with van der Waals surface area (Å²) < 4.78 is 1.97. The fourth-order valence-electron chi connectivity index (χ4n) is 4.14. The Kier molecular flexibility index (Phi) is 6.45. The molecule has 0 bridgehead atoms. The van der Waals surface area contributed by atoms with E-state index in [1.165, 1.54) is 16.2 Å². The van der Waals surface area contributed by atoms with Crippen LogP contribution in [0.25, 0.3) is 11.0 Å². The first kappa shape index (κ1) is 22.5. The minimum Gasteiger partial charge on any atom is -0.465 e. The lowest BCUT2D eigenvalue weighted by Crippen LogP contribution is -2.34. The largest absolute Gasteiger partial charge is 0.465 e. The minimum atomic E-state index is -0.944. The molecule has 3 amide bonds. The Morgan fingerprint density at radius 3 is 2.85 bits per heavy atom. The second kappa shape index (κ2) is 9.45. The van der Waals surface area contributed by atoms with E-state index in [-0.39, 0.29) is 17.9 Å². The fraction of sp³-hybridized carbons (Fsp3) is 0.304. The normalized spacial score (nSPS) is 16.3. The number of rotatable bonds is 5. The molecule has 1 atom stereocenters. The van der Waals surface area contributed by atoms with Gasteiger partial charge in [-0.15, -0.1) is 11.3 Å². The predicted octanol–water partition coefficient (Wildman–Crippen LogP) is 4.49. The number of hydrogen-bond donors (Lipinski definition) is 3. The molecule has 3 N–H and O–H groups in total. The number of carbonyl (C=O) groups excluding carboxylic acids is 2. The molecule has 1 saturated heterocycles. The van der Waals surface area contributed by atoms with E-state index in [0.29, 0.717) is 29.6 Å². The second-order valence-electron chi connectivity index (χ2n) is 7.97. The van der Waals surface area contributed by atoms with Crippen molar-refractivity contribution in [1.29, 1.82) is 0 Å². The molecular weight excluding hydrogens is 442 g/mol. The Hall–Kier alpha value is -3.66. The van der Waals surface area contributed by atoms with Crippen LogP contribution in [0.1, 0.15) is 41.2 Å². The van der Waals surface area contributed by atoms with Crippen LogP contribution in [0.3, 0.4) is 0 Å². The molecule has 172 valence electrons. The second-order valence-corrected chi connectivity index (χ2v) is 8.88. The third-order valence-corrected chi connectivity index (χ3v) is 6.56. The van der Waals surface area contributed by atoms with Crippen LogP contribution in [0.2, 0.25) is 0 Å². The number of fused-ring (bicyclic) bond motifs is 1. The van der Waals surface area contributed by atoms with Crippen molar-refractivity contribution in [3.63, 3.8) is 0 Å². The number of thiophene rings is 1. The third-order valence-electron chi connectivity index (χ3n) is 5.71. The van der Waals surface area contributed by atoms with Crippen LogP contribution in [0.15, 0.2) is 42.3 Å². The number of imidazole rings is 1. The van der Waals surface area contributed by atoms with Gasteiger partial charge in [0.1, 0.15) is 0 Å². The van der Waals surface area contributed by atoms with Crippen molar-refractivity contribution in [2.24, 2.45) is 0 Å². The smallest absolute Gasteiger partial charge is 0.407 e. The molecule has 10 heteroatoms. The number of para-hydroxylation sites is 1. The highest BCUT2D eigenvalue weighted by atomic mass is 32.1. The molecule has 1 aromatic carbocycles. The Morgan fingerprint density at radius 1 is 1.27 bits per heavy atom. The van der Waals surface area contributed by atoms with Gasteiger partial charge in [0.05, 0.1) is 27.6 Å². The predicted molar refractivity (Wildman–Crippen MR) is 128 cm³/mol.